The van der Waals surface area contributed by atoms with Gasteiger partial charge in [0.15, 0.2) is 0 Å². The van der Waals surface area contributed by atoms with Crippen LogP contribution in [0.25, 0.3) is 0 Å². The lowest BCUT2D eigenvalue weighted by Gasteiger charge is -2.37. The van der Waals surface area contributed by atoms with Crippen molar-refractivity contribution in [2.24, 2.45) is 17.8 Å². The van der Waals surface area contributed by atoms with Crippen molar-refractivity contribution in [3.05, 3.63) is 0 Å². The molecule has 2 saturated carbocycles. The molecule has 2 rings (SSSR count). The molecule has 3 unspecified atom stereocenters. The van der Waals surface area contributed by atoms with Crippen molar-refractivity contribution in [3.8, 4) is 0 Å². The van der Waals surface area contributed by atoms with Crippen molar-refractivity contribution in [2.45, 2.75) is 38.5 Å². The van der Waals surface area contributed by atoms with Crippen molar-refractivity contribution in [1.82, 2.24) is 0 Å². The monoisotopic (exact) mass is 180 g/mol. The second-order valence-corrected chi connectivity index (χ2v) is 4.36. The Balaban J connectivity index is 2.13. The van der Waals surface area contributed by atoms with Gasteiger partial charge in [-0.1, -0.05) is 12.8 Å². The first-order valence-corrected chi connectivity index (χ1v) is 5.31. The van der Waals surface area contributed by atoms with E-state index in [2.05, 4.69) is 0 Å². The van der Waals surface area contributed by atoms with Crippen LogP contribution in [-0.4, -0.2) is 12.1 Å². The standard InChI is InChI=1S/C11H16O2/c12-7-8-5-6-11(13)10-4-2-1-3-9(8)10/h7-10H,1-6H2. The summed E-state index contributed by atoms with van der Waals surface area (Å²) in [6.45, 7) is 0. The largest absolute Gasteiger partial charge is 0.303 e. The van der Waals surface area contributed by atoms with Crippen molar-refractivity contribution in [2.75, 3.05) is 0 Å². The van der Waals surface area contributed by atoms with E-state index < -0.39 is 0 Å². The molecular weight excluding hydrogens is 164 g/mol. The third-order valence-electron chi connectivity index (χ3n) is 3.68. The van der Waals surface area contributed by atoms with Gasteiger partial charge in [0.2, 0.25) is 0 Å². The summed E-state index contributed by atoms with van der Waals surface area (Å²) in [5.74, 6) is 1.23. The predicted octanol–water partition coefficient (Wildman–Crippen LogP) is 1.97. The molecule has 2 aliphatic carbocycles. The Morgan fingerprint density at radius 3 is 2.69 bits per heavy atom. The maximum atomic E-state index is 11.6. The van der Waals surface area contributed by atoms with E-state index in [0.717, 1.165) is 25.5 Å². The zero-order chi connectivity index (χ0) is 9.26. The lowest BCUT2D eigenvalue weighted by Crippen LogP contribution is -2.37. The van der Waals surface area contributed by atoms with Crippen LogP contribution in [0.4, 0.5) is 0 Å². The van der Waals surface area contributed by atoms with Gasteiger partial charge in [0.25, 0.3) is 0 Å². The molecule has 0 aromatic heterocycles. The number of aldehydes is 1. The minimum absolute atomic E-state index is 0.183. The number of carbonyl (C=O) groups excluding carboxylic acids is 2. The van der Waals surface area contributed by atoms with Crippen LogP contribution in [0.1, 0.15) is 38.5 Å². The third-order valence-corrected chi connectivity index (χ3v) is 3.68. The van der Waals surface area contributed by atoms with Gasteiger partial charge >= 0.3 is 0 Å². The van der Waals surface area contributed by atoms with Crippen LogP contribution >= 0.6 is 0 Å². The van der Waals surface area contributed by atoms with E-state index in [9.17, 15) is 9.59 Å². The van der Waals surface area contributed by atoms with E-state index in [4.69, 9.17) is 0 Å². The molecule has 3 atom stereocenters. The second kappa shape index (κ2) is 3.60. The van der Waals surface area contributed by atoms with E-state index >= 15 is 0 Å². The van der Waals surface area contributed by atoms with E-state index in [1.165, 1.54) is 12.8 Å². The molecular formula is C11H16O2. The van der Waals surface area contributed by atoms with Gasteiger partial charge in [-0.3, -0.25) is 4.79 Å². The normalized spacial score (nSPS) is 39.7. The maximum Gasteiger partial charge on any atom is 0.136 e. The predicted molar refractivity (Wildman–Crippen MR) is 49.2 cm³/mol. The molecule has 0 radical (unpaired) electrons. The van der Waals surface area contributed by atoms with Crippen molar-refractivity contribution < 1.29 is 9.59 Å². The molecule has 0 aromatic rings. The molecule has 0 spiro atoms. The highest BCUT2D eigenvalue weighted by Gasteiger charge is 2.39. The summed E-state index contributed by atoms with van der Waals surface area (Å²) in [4.78, 5) is 22.4. The van der Waals surface area contributed by atoms with Crippen LogP contribution < -0.4 is 0 Å². The van der Waals surface area contributed by atoms with Gasteiger partial charge in [-0.05, 0) is 25.2 Å². The first kappa shape index (κ1) is 8.92. The average molecular weight is 180 g/mol. The fourth-order valence-electron chi connectivity index (χ4n) is 2.95. The van der Waals surface area contributed by atoms with Gasteiger partial charge in [-0.15, -0.1) is 0 Å². The summed E-state index contributed by atoms with van der Waals surface area (Å²) in [6.07, 6.45) is 7.05. The van der Waals surface area contributed by atoms with E-state index in [1.54, 1.807) is 0 Å². The van der Waals surface area contributed by atoms with Gasteiger partial charge in [0.05, 0.1) is 0 Å². The molecule has 0 saturated heterocycles. The molecule has 0 bridgehead atoms. The Hall–Kier alpha value is -0.660. The highest BCUT2D eigenvalue weighted by molar-refractivity contribution is 5.83. The fourth-order valence-corrected chi connectivity index (χ4v) is 2.95. The molecule has 13 heavy (non-hydrogen) atoms. The van der Waals surface area contributed by atoms with Gasteiger partial charge in [-0.25, -0.2) is 0 Å². The summed E-state index contributed by atoms with van der Waals surface area (Å²) in [7, 11) is 0. The smallest absolute Gasteiger partial charge is 0.136 e. The zero-order valence-corrected chi connectivity index (χ0v) is 7.87. The van der Waals surface area contributed by atoms with Crippen molar-refractivity contribution >= 4 is 12.1 Å². The summed E-state index contributed by atoms with van der Waals surface area (Å²) >= 11 is 0. The number of ketones is 1. The summed E-state index contributed by atoms with van der Waals surface area (Å²) < 4.78 is 0. The minimum Gasteiger partial charge on any atom is -0.303 e. The Labute approximate surface area is 78.7 Å². The molecule has 0 aliphatic heterocycles. The Morgan fingerprint density at radius 2 is 1.92 bits per heavy atom. The van der Waals surface area contributed by atoms with E-state index in [-0.39, 0.29) is 11.8 Å². The molecule has 72 valence electrons. The zero-order valence-electron chi connectivity index (χ0n) is 7.87. The van der Waals surface area contributed by atoms with Gasteiger partial charge in [-0.2, -0.15) is 0 Å². The van der Waals surface area contributed by atoms with Crippen LogP contribution in [0.5, 0.6) is 0 Å². The van der Waals surface area contributed by atoms with Crippen LogP contribution in [-0.2, 0) is 9.59 Å². The number of hydrogen-bond donors (Lipinski definition) is 0. The van der Waals surface area contributed by atoms with Crippen LogP contribution in [0.3, 0.4) is 0 Å². The fraction of sp³-hybridized carbons (Fsp3) is 0.818. The van der Waals surface area contributed by atoms with Gasteiger partial charge < -0.3 is 4.79 Å². The maximum absolute atomic E-state index is 11.6. The quantitative estimate of drug-likeness (QED) is 0.578. The van der Waals surface area contributed by atoms with E-state index in [0.29, 0.717) is 18.1 Å². The number of fused-ring (bicyclic) bond motifs is 1. The molecule has 2 aliphatic rings. The summed E-state index contributed by atoms with van der Waals surface area (Å²) in [5, 5.41) is 0. The van der Waals surface area contributed by atoms with Crippen LogP contribution in [0, 0.1) is 17.8 Å². The number of carbonyl (C=O) groups is 2. The molecule has 2 fully saturated rings. The van der Waals surface area contributed by atoms with Crippen molar-refractivity contribution in [1.29, 1.82) is 0 Å². The highest BCUT2D eigenvalue weighted by atomic mass is 16.1. The van der Waals surface area contributed by atoms with Crippen LogP contribution in [0.2, 0.25) is 0 Å². The lowest BCUT2D eigenvalue weighted by atomic mass is 9.65. The Bertz CT molecular complexity index is 222. The minimum atomic E-state index is 0.183. The second-order valence-electron chi connectivity index (χ2n) is 4.36. The van der Waals surface area contributed by atoms with Gasteiger partial charge in [0.1, 0.15) is 12.1 Å². The lowest BCUT2D eigenvalue weighted by molar-refractivity contribution is -0.132. The molecule has 2 nitrogen and oxygen atoms in total. The molecule has 0 amide bonds. The van der Waals surface area contributed by atoms with Crippen LogP contribution in [0.15, 0.2) is 0 Å². The highest BCUT2D eigenvalue weighted by Crippen LogP contribution is 2.41. The SMILES string of the molecule is O=CC1CCC(=O)C2CCCCC12. The average Bonchev–Trinajstić information content (AvgIpc) is 2.19. The number of Topliss-reactive ketones (excluding diaryl/α,β-unsaturated/α-hetero) is 1. The molecule has 0 N–H and O–H groups in total. The van der Waals surface area contributed by atoms with Crippen molar-refractivity contribution in [3.63, 3.8) is 0 Å². The number of hydrogen-bond acceptors (Lipinski definition) is 2. The first-order valence-electron chi connectivity index (χ1n) is 5.31. The first-order chi connectivity index (χ1) is 6.33. The summed E-state index contributed by atoms with van der Waals surface area (Å²) in [6, 6.07) is 0. The van der Waals surface area contributed by atoms with E-state index in [1.807, 2.05) is 0 Å². The Kier molecular flexibility index (Phi) is 2.47. The van der Waals surface area contributed by atoms with Gasteiger partial charge in [0, 0.05) is 18.3 Å². The third kappa shape index (κ3) is 1.54. The number of rotatable bonds is 1. The summed E-state index contributed by atoms with van der Waals surface area (Å²) in [5.41, 5.74) is 0. The molecule has 0 aromatic carbocycles. The molecule has 0 heterocycles. The Morgan fingerprint density at radius 1 is 1.15 bits per heavy atom. The topological polar surface area (TPSA) is 34.1 Å². The molecule has 2 heteroatoms.